The van der Waals surface area contributed by atoms with Gasteiger partial charge in [-0.15, -0.1) is 0 Å². The Kier molecular flexibility index (Phi) is 3.02. The molecule has 0 fully saturated rings. The smallest absolute Gasteiger partial charge is 0.165 e. The molecule has 0 spiro atoms. The molecule has 3 heteroatoms. The molecule has 1 N–H and O–H groups in total. The Hall–Kier alpha value is -1.12. The average Bonchev–Trinajstić information content (AvgIpc) is 2.03. The molecular formula is C9H13FN2. The lowest BCUT2D eigenvalue weighted by Gasteiger charge is -2.07. The zero-order chi connectivity index (χ0) is 8.97. The van der Waals surface area contributed by atoms with E-state index in [0.717, 1.165) is 6.54 Å². The van der Waals surface area contributed by atoms with Crippen LogP contribution in [-0.4, -0.2) is 11.5 Å². The normalized spacial score (nSPS) is 10.3. The van der Waals surface area contributed by atoms with Gasteiger partial charge in [-0.05, 0) is 18.1 Å². The quantitative estimate of drug-likeness (QED) is 0.749. The van der Waals surface area contributed by atoms with Gasteiger partial charge in [-0.25, -0.2) is 9.37 Å². The molecule has 1 aromatic heterocycles. The molecule has 0 amide bonds. The van der Waals surface area contributed by atoms with Gasteiger partial charge in [0.25, 0.3) is 0 Å². The summed E-state index contributed by atoms with van der Waals surface area (Å²) in [6.45, 7) is 4.87. The number of aromatic nitrogens is 1. The fraction of sp³-hybridized carbons (Fsp3) is 0.444. The Morgan fingerprint density at radius 3 is 2.92 bits per heavy atom. The SMILES string of the molecule is CC(C)CNc1ncccc1F. The second-order valence-electron chi connectivity index (χ2n) is 3.11. The van der Waals surface area contributed by atoms with Gasteiger partial charge in [-0.1, -0.05) is 13.8 Å². The van der Waals surface area contributed by atoms with E-state index in [1.165, 1.54) is 6.07 Å². The summed E-state index contributed by atoms with van der Waals surface area (Å²) in [4.78, 5) is 3.86. The lowest BCUT2D eigenvalue weighted by molar-refractivity contribution is 0.617. The van der Waals surface area contributed by atoms with E-state index in [-0.39, 0.29) is 5.82 Å². The highest BCUT2D eigenvalue weighted by Gasteiger charge is 2.01. The molecule has 0 aromatic carbocycles. The molecule has 66 valence electrons. The third-order valence-electron chi connectivity index (χ3n) is 1.44. The predicted molar refractivity (Wildman–Crippen MR) is 47.5 cm³/mol. The van der Waals surface area contributed by atoms with Crippen molar-refractivity contribution in [1.82, 2.24) is 4.98 Å². The van der Waals surface area contributed by atoms with Gasteiger partial charge in [0.2, 0.25) is 0 Å². The number of rotatable bonds is 3. The molecule has 0 aliphatic carbocycles. The summed E-state index contributed by atoms with van der Waals surface area (Å²) in [6, 6.07) is 2.98. The van der Waals surface area contributed by atoms with Crippen LogP contribution in [0.3, 0.4) is 0 Å². The minimum atomic E-state index is -0.293. The van der Waals surface area contributed by atoms with Crippen LogP contribution in [0.5, 0.6) is 0 Å². The molecule has 0 atom stereocenters. The molecule has 0 radical (unpaired) electrons. The van der Waals surface area contributed by atoms with Gasteiger partial charge in [0.15, 0.2) is 11.6 Å². The van der Waals surface area contributed by atoms with Crippen LogP contribution in [0.2, 0.25) is 0 Å². The Morgan fingerprint density at radius 1 is 1.58 bits per heavy atom. The van der Waals surface area contributed by atoms with Crippen LogP contribution in [-0.2, 0) is 0 Å². The average molecular weight is 168 g/mol. The summed E-state index contributed by atoms with van der Waals surface area (Å²) in [7, 11) is 0. The summed E-state index contributed by atoms with van der Waals surface area (Å²) in [6.07, 6.45) is 1.58. The second-order valence-corrected chi connectivity index (χ2v) is 3.11. The first kappa shape index (κ1) is 8.97. The molecule has 0 aliphatic rings. The molecule has 2 nitrogen and oxygen atoms in total. The van der Waals surface area contributed by atoms with E-state index in [9.17, 15) is 4.39 Å². The zero-order valence-electron chi connectivity index (χ0n) is 7.34. The van der Waals surface area contributed by atoms with Crippen molar-refractivity contribution >= 4 is 5.82 Å². The number of hydrogen-bond donors (Lipinski definition) is 1. The molecule has 1 rings (SSSR count). The first-order valence-corrected chi connectivity index (χ1v) is 4.04. The van der Waals surface area contributed by atoms with E-state index in [0.29, 0.717) is 11.7 Å². The standard InChI is InChI=1S/C9H13FN2/c1-7(2)6-12-9-8(10)4-3-5-11-9/h3-5,7H,6H2,1-2H3,(H,11,12). The highest BCUT2D eigenvalue weighted by molar-refractivity contribution is 5.35. The molecular weight excluding hydrogens is 155 g/mol. The highest BCUT2D eigenvalue weighted by Crippen LogP contribution is 2.08. The zero-order valence-corrected chi connectivity index (χ0v) is 7.34. The fourth-order valence-electron chi connectivity index (χ4n) is 0.817. The predicted octanol–water partition coefficient (Wildman–Crippen LogP) is 2.29. The maximum atomic E-state index is 12.9. The summed E-state index contributed by atoms with van der Waals surface area (Å²) < 4.78 is 12.9. The monoisotopic (exact) mass is 168 g/mol. The minimum absolute atomic E-state index is 0.293. The van der Waals surface area contributed by atoms with Gasteiger partial charge in [-0.2, -0.15) is 0 Å². The van der Waals surface area contributed by atoms with Crippen LogP contribution in [0.1, 0.15) is 13.8 Å². The third kappa shape index (κ3) is 2.49. The van der Waals surface area contributed by atoms with Crippen molar-refractivity contribution in [1.29, 1.82) is 0 Å². The molecule has 1 heterocycles. The first-order chi connectivity index (χ1) is 5.70. The van der Waals surface area contributed by atoms with E-state index in [2.05, 4.69) is 24.1 Å². The van der Waals surface area contributed by atoms with E-state index in [4.69, 9.17) is 0 Å². The van der Waals surface area contributed by atoms with Crippen LogP contribution < -0.4 is 5.32 Å². The van der Waals surface area contributed by atoms with E-state index >= 15 is 0 Å². The van der Waals surface area contributed by atoms with Crippen molar-refractivity contribution < 1.29 is 4.39 Å². The largest absolute Gasteiger partial charge is 0.367 e. The Morgan fingerprint density at radius 2 is 2.33 bits per heavy atom. The molecule has 0 unspecified atom stereocenters. The van der Waals surface area contributed by atoms with Gasteiger partial charge < -0.3 is 5.32 Å². The Labute approximate surface area is 71.8 Å². The van der Waals surface area contributed by atoms with Gasteiger partial charge in [0.05, 0.1) is 0 Å². The number of halogens is 1. The van der Waals surface area contributed by atoms with Crippen LogP contribution in [0.4, 0.5) is 10.2 Å². The van der Waals surface area contributed by atoms with Crippen molar-refractivity contribution in [2.75, 3.05) is 11.9 Å². The second kappa shape index (κ2) is 4.04. The summed E-state index contributed by atoms with van der Waals surface area (Å²) >= 11 is 0. The van der Waals surface area contributed by atoms with Crippen LogP contribution >= 0.6 is 0 Å². The van der Waals surface area contributed by atoms with Gasteiger partial charge in [0.1, 0.15) is 0 Å². The Bertz CT molecular complexity index is 248. The lowest BCUT2D eigenvalue weighted by atomic mass is 10.2. The summed E-state index contributed by atoms with van der Waals surface area (Å²) in [5.74, 6) is 0.538. The van der Waals surface area contributed by atoms with Crippen LogP contribution in [0, 0.1) is 11.7 Å². The fourth-order valence-corrected chi connectivity index (χ4v) is 0.817. The van der Waals surface area contributed by atoms with Gasteiger partial charge in [0, 0.05) is 12.7 Å². The molecule has 0 saturated carbocycles. The molecule has 0 saturated heterocycles. The summed E-state index contributed by atoms with van der Waals surface area (Å²) in [5, 5.41) is 2.93. The third-order valence-corrected chi connectivity index (χ3v) is 1.44. The molecule has 0 bridgehead atoms. The molecule has 1 aromatic rings. The van der Waals surface area contributed by atoms with Crippen molar-refractivity contribution in [3.05, 3.63) is 24.1 Å². The molecule has 0 aliphatic heterocycles. The van der Waals surface area contributed by atoms with Crippen LogP contribution in [0.15, 0.2) is 18.3 Å². The van der Waals surface area contributed by atoms with Crippen LogP contribution in [0.25, 0.3) is 0 Å². The van der Waals surface area contributed by atoms with Gasteiger partial charge in [-0.3, -0.25) is 0 Å². The maximum Gasteiger partial charge on any atom is 0.165 e. The topological polar surface area (TPSA) is 24.9 Å². The van der Waals surface area contributed by atoms with E-state index in [1.54, 1.807) is 12.3 Å². The number of nitrogens with zero attached hydrogens (tertiary/aromatic N) is 1. The van der Waals surface area contributed by atoms with Crippen molar-refractivity contribution in [2.45, 2.75) is 13.8 Å². The van der Waals surface area contributed by atoms with E-state index in [1.807, 2.05) is 0 Å². The highest BCUT2D eigenvalue weighted by atomic mass is 19.1. The van der Waals surface area contributed by atoms with Crippen molar-refractivity contribution in [2.24, 2.45) is 5.92 Å². The first-order valence-electron chi connectivity index (χ1n) is 4.04. The minimum Gasteiger partial charge on any atom is -0.367 e. The van der Waals surface area contributed by atoms with Gasteiger partial charge >= 0.3 is 0 Å². The number of nitrogens with one attached hydrogen (secondary N) is 1. The van der Waals surface area contributed by atoms with E-state index < -0.39 is 0 Å². The molecule has 12 heavy (non-hydrogen) atoms. The van der Waals surface area contributed by atoms with Crippen molar-refractivity contribution in [3.63, 3.8) is 0 Å². The lowest BCUT2D eigenvalue weighted by Crippen LogP contribution is -2.10. The maximum absolute atomic E-state index is 12.9. The number of pyridine rings is 1. The Balaban J connectivity index is 2.57. The summed E-state index contributed by atoms with van der Waals surface area (Å²) in [5.41, 5.74) is 0. The number of hydrogen-bond acceptors (Lipinski definition) is 2. The van der Waals surface area contributed by atoms with Crippen molar-refractivity contribution in [3.8, 4) is 0 Å². The number of anilines is 1.